The highest BCUT2D eigenvalue weighted by Crippen LogP contribution is 2.61. The summed E-state index contributed by atoms with van der Waals surface area (Å²) in [4.78, 5) is 11.2. The molecule has 0 spiro atoms. The Labute approximate surface area is 121 Å². The molecule has 2 unspecified atom stereocenters. The van der Waals surface area contributed by atoms with Gasteiger partial charge in [0.15, 0.2) is 0 Å². The van der Waals surface area contributed by atoms with Crippen molar-refractivity contribution in [1.82, 2.24) is 0 Å². The van der Waals surface area contributed by atoms with Crippen LogP contribution in [0.5, 0.6) is 0 Å². The highest BCUT2D eigenvalue weighted by atomic mass is 31.2. The Bertz CT molecular complexity index is 490. The monoisotopic (exact) mass is 361 g/mol. The van der Waals surface area contributed by atoms with Gasteiger partial charge in [0.05, 0.1) is 0 Å². The van der Waals surface area contributed by atoms with Crippen molar-refractivity contribution in [3.63, 3.8) is 0 Å². The highest BCUT2D eigenvalue weighted by Gasteiger charge is 2.73. The van der Waals surface area contributed by atoms with Crippen LogP contribution < -0.4 is 4.89 Å². The second-order valence-corrected chi connectivity index (χ2v) is 6.91. The predicted molar refractivity (Wildman–Crippen MR) is 57.4 cm³/mol. The molecule has 0 bridgehead atoms. The Hall–Kier alpha value is -0.380. The van der Waals surface area contributed by atoms with Crippen LogP contribution in [0.15, 0.2) is 0 Å². The number of phosphoric ester groups is 1. The minimum absolute atomic E-state index is 0.979. The zero-order valence-electron chi connectivity index (χ0n) is 11.6. The molecule has 4 nitrogen and oxygen atoms in total. The van der Waals surface area contributed by atoms with Crippen LogP contribution in [-0.2, 0) is 13.6 Å². The SMILES string of the molecule is CC1(C)OP(=O)([O-])OC1(C)CCC(F)(F)C(F)(F)C(F)(F)F. The van der Waals surface area contributed by atoms with Crippen LogP contribution in [0, 0.1) is 0 Å². The predicted octanol–water partition coefficient (Wildman–Crippen LogP) is 3.65. The summed E-state index contributed by atoms with van der Waals surface area (Å²) in [5.74, 6) is -11.7. The second-order valence-electron chi connectivity index (χ2n) is 5.65. The van der Waals surface area contributed by atoms with Gasteiger partial charge in [-0.05, 0) is 27.2 Å². The summed E-state index contributed by atoms with van der Waals surface area (Å²) in [5.41, 5.74) is -3.71. The fourth-order valence-electron chi connectivity index (χ4n) is 1.86. The van der Waals surface area contributed by atoms with Gasteiger partial charge in [0.2, 0.25) is 0 Å². The van der Waals surface area contributed by atoms with E-state index in [4.69, 9.17) is 0 Å². The molecule has 0 aromatic carbocycles. The average molecular weight is 361 g/mol. The van der Waals surface area contributed by atoms with Gasteiger partial charge in [0.25, 0.3) is 7.82 Å². The molecule has 0 aromatic rings. The van der Waals surface area contributed by atoms with E-state index in [0.29, 0.717) is 0 Å². The number of hydrogen-bond acceptors (Lipinski definition) is 4. The summed E-state index contributed by atoms with van der Waals surface area (Å²) in [6.45, 7) is 3.24. The minimum Gasteiger partial charge on any atom is -0.756 e. The van der Waals surface area contributed by atoms with Crippen molar-refractivity contribution in [2.45, 2.75) is 62.8 Å². The van der Waals surface area contributed by atoms with E-state index < -0.39 is 49.9 Å². The molecule has 1 saturated heterocycles. The second kappa shape index (κ2) is 5.06. The van der Waals surface area contributed by atoms with Gasteiger partial charge in [-0.15, -0.1) is 0 Å². The minimum atomic E-state index is -6.44. The van der Waals surface area contributed by atoms with E-state index in [9.17, 15) is 40.2 Å². The third-order valence-electron chi connectivity index (χ3n) is 3.66. The van der Waals surface area contributed by atoms with Gasteiger partial charge in [-0.2, -0.15) is 30.7 Å². The Kier molecular flexibility index (Phi) is 4.52. The van der Waals surface area contributed by atoms with Gasteiger partial charge in [-0.25, -0.2) is 0 Å². The van der Waals surface area contributed by atoms with Gasteiger partial charge in [0, 0.05) is 6.42 Å². The van der Waals surface area contributed by atoms with Crippen LogP contribution in [0.1, 0.15) is 33.6 Å². The Morgan fingerprint density at radius 1 is 1.00 bits per heavy atom. The van der Waals surface area contributed by atoms with Crippen molar-refractivity contribution in [3.8, 4) is 0 Å². The van der Waals surface area contributed by atoms with Crippen LogP contribution in [0.4, 0.5) is 30.7 Å². The largest absolute Gasteiger partial charge is 0.756 e. The van der Waals surface area contributed by atoms with E-state index >= 15 is 0 Å². The van der Waals surface area contributed by atoms with Gasteiger partial charge in [0.1, 0.15) is 11.2 Å². The van der Waals surface area contributed by atoms with Gasteiger partial charge >= 0.3 is 18.0 Å². The Balaban J connectivity index is 2.96. The van der Waals surface area contributed by atoms with Crippen LogP contribution in [-0.4, -0.2) is 29.2 Å². The number of hydrogen-bond donors (Lipinski definition) is 0. The van der Waals surface area contributed by atoms with E-state index in [-0.39, 0.29) is 0 Å². The third-order valence-corrected chi connectivity index (χ3v) is 4.96. The molecule has 1 aliphatic heterocycles. The lowest BCUT2D eigenvalue weighted by Crippen LogP contribution is -2.53. The lowest BCUT2D eigenvalue weighted by atomic mass is 9.82. The van der Waals surface area contributed by atoms with Crippen molar-refractivity contribution in [2.24, 2.45) is 0 Å². The highest BCUT2D eigenvalue weighted by molar-refractivity contribution is 7.46. The van der Waals surface area contributed by atoms with E-state index in [1.54, 1.807) is 0 Å². The van der Waals surface area contributed by atoms with E-state index in [0.717, 1.165) is 20.8 Å². The van der Waals surface area contributed by atoms with E-state index in [1.165, 1.54) is 0 Å². The molecule has 0 N–H and O–H groups in total. The molecule has 1 rings (SSSR count). The summed E-state index contributed by atoms with van der Waals surface area (Å²) in [5, 5.41) is 0. The number of phosphoric acid groups is 1. The Morgan fingerprint density at radius 3 is 1.77 bits per heavy atom. The molecule has 22 heavy (non-hydrogen) atoms. The zero-order valence-corrected chi connectivity index (χ0v) is 12.5. The van der Waals surface area contributed by atoms with Crippen molar-refractivity contribution in [1.29, 1.82) is 0 Å². The summed E-state index contributed by atoms with van der Waals surface area (Å²) in [7, 11) is -4.85. The van der Waals surface area contributed by atoms with E-state index in [2.05, 4.69) is 9.05 Å². The molecule has 1 heterocycles. The molecule has 0 aliphatic carbocycles. The molecular formula is C10H13F7O4P-. The fourth-order valence-corrected chi connectivity index (χ4v) is 3.45. The maximum atomic E-state index is 13.3. The van der Waals surface area contributed by atoms with Crippen LogP contribution >= 0.6 is 7.82 Å². The lowest BCUT2D eigenvalue weighted by molar-refractivity contribution is -0.356. The number of alkyl halides is 7. The topological polar surface area (TPSA) is 58.6 Å². The molecule has 1 aliphatic rings. The first kappa shape index (κ1) is 19.7. The summed E-state index contributed by atoms with van der Waals surface area (Å²) >= 11 is 0. The normalized spacial score (nSPS) is 33.2. The van der Waals surface area contributed by atoms with Crippen molar-refractivity contribution >= 4 is 7.82 Å². The number of halogens is 7. The van der Waals surface area contributed by atoms with Crippen molar-refractivity contribution < 1.29 is 49.2 Å². The summed E-state index contributed by atoms with van der Waals surface area (Å²) < 4.78 is 108. The molecule has 1 fully saturated rings. The maximum Gasteiger partial charge on any atom is 0.459 e. The maximum absolute atomic E-state index is 13.3. The van der Waals surface area contributed by atoms with Crippen LogP contribution in [0.2, 0.25) is 0 Å². The Morgan fingerprint density at radius 2 is 1.45 bits per heavy atom. The molecule has 0 saturated carbocycles. The lowest BCUT2D eigenvalue weighted by Gasteiger charge is -2.36. The molecule has 0 radical (unpaired) electrons. The molecule has 0 amide bonds. The molecular weight excluding hydrogens is 348 g/mol. The first-order valence-corrected chi connectivity index (χ1v) is 7.38. The van der Waals surface area contributed by atoms with Crippen molar-refractivity contribution in [2.75, 3.05) is 0 Å². The van der Waals surface area contributed by atoms with Crippen molar-refractivity contribution in [3.05, 3.63) is 0 Å². The number of rotatable bonds is 4. The first-order valence-electron chi connectivity index (χ1n) is 5.92. The fraction of sp³-hybridized carbons (Fsp3) is 1.00. The summed E-state index contributed by atoms with van der Waals surface area (Å²) in [6.07, 6.45) is -9.47. The molecule has 12 heteroatoms. The first-order chi connectivity index (χ1) is 9.37. The van der Waals surface area contributed by atoms with Crippen LogP contribution in [0.25, 0.3) is 0 Å². The third kappa shape index (κ3) is 3.27. The van der Waals surface area contributed by atoms with E-state index in [1.807, 2.05) is 0 Å². The smallest absolute Gasteiger partial charge is 0.459 e. The van der Waals surface area contributed by atoms with Gasteiger partial charge < -0.3 is 13.9 Å². The summed E-state index contributed by atoms with van der Waals surface area (Å²) in [6, 6.07) is 0. The quantitative estimate of drug-likeness (QED) is 0.567. The standard InChI is InChI=1S/C10H14F7O4P/c1-6(2)7(3,21-22(18,19)20-6)4-5-8(11,12)9(13,14)10(15,16)17/h4-5H2,1-3H3,(H,18,19)/p-1. The molecule has 2 atom stereocenters. The average Bonchev–Trinajstić information content (AvgIpc) is 2.38. The molecule has 0 aromatic heterocycles. The zero-order chi connectivity index (χ0) is 17.8. The van der Waals surface area contributed by atoms with Gasteiger partial charge in [-0.1, -0.05) is 0 Å². The van der Waals surface area contributed by atoms with Gasteiger partial charge in [-0.3, -0.25) is 4.57 Å². The van der Waals surface area contributed by atoms with Crippen LogP contribution in [0.3, 0.4) is 0 Å². The molecule has 132 valence electrons.